The normalized spacial score (nSPS) is 14.2. The van der Waals surface area contributed by atoms with Gasteiger partial charge in [-0.1, -0.05) is 18.2 Å². The van der Waals surface area contributed by atoms with Gasteiger partial charge in [-0.2, -0.15) is 0 Å². The van der Waals surface area contributed by atoms with Crippen LogP contribution in [-0.2, 0) is 10.0 Å². The van der Waals surface area contributed by atoms with Crippen LogP contribution in [0.1, 0.15) is 21.5 Å². The molecule has 1 fully saturated rings. The van der Waals surface area contributed by atoms with E-state index in [0.717, 1.165) is 11.1 Å². The highest BCUT2D eigenvalue weighted by Crippen LogP contribution is 2.28. The molecule has 4 rings (SSSR count). The van der Waals surface area contributed by atoms with Crippen molar-refractivity contribution in [1.82, 2.24) is 0 Å². The number of aromatic carboxylic acids is 1. The number of sulfonamides is 1. The number of carboxylic acid groups (broad SMARTS) is 1. The van der Waals surface area contributed by atoms with Crippen LogP contribution in [0.2, 0.25) is 0 Å². The first-order valence-corrected chi connectivity index (χ1v) is 12.4. The second kappa shape index (κ2) is 9.34. The molecule has 1 saturated heterocycles. The summed E-state index contributed by atoms with van der Waals surface area (Å²) in [5, 5.41) is 9.75. The van der Waals surface area contributed by atoms with Crippen molar-refractivity contribution >= 4 is 33.1 Å². The molecule has 0 atom stereocenters. The van der Waals surface area contributed by atoms with Gasteiger partial charge in [0.1, 0.15) is 5.82 Å². The third-order valence-electron chi connectivity index (χ3n) is 6.10. The average molecular weight is 484 g/mol. The number of halogens is 1. The molecule has 3 aromatic rings. The van der Waals surface area contributed by atoms with Gasteiger partial charge >= 0.3 is 5.97 Å². The van der Waals surface area contributed by atoms with Crippen LogP contribution >= 0.6 is 0 Å². The Kier molecular flexibility index (Phi) is 6.47. The van der Waals surface area contributed by atoms with Gasteiger partial charge in [-0.15, -0.1) is 0 Å². The topological polar surface area (TPSA) is 90.0 Å². The van der Waals surface area contributed by atoms with E-state index >= 15 is 0 Å². The number of piperazine rings is 1. The summed E-state index contributed by atoms with van der Waals surface area (Å²) in [7, 11) is -3.96. The van der Waals surface area contributed by atoms with E-state index in [1.165, 1.54) is 24.3 Å². The van der Waals surface area contributed by atoms with Crippen molar-refractivity contribution in [2.45, 2.75) is 18.7 Å². The number of benzene rings is 3. The Morgan fingerprint density at radius 1 is 0.912 bits per heavy atom. The molecule has 2 N–H and O–H groups in total. The molecule has 0 aromatic heterocycles. The van der Waals surface area contributed by atoms with E-state index in [1.807, 2.05) is 23.6 Å². The smallest absolute Gasteiger partial charge is 0.337 e. The zero-order valence-electron chi connectivity index (χ0n) is 19.0. The molecule has 0 aliphatic carbocycles. The number of nitrogens with one attached hydrogen (secondary N) is 1. The maximum absolute atomic E-state index is 14.1. The summed E-state index contributed by atoms with van der Waals surface area (Å²) in [5.74, 6) is -1.51. The lowest BCUT2D eigenvalue weighted by Crippen LogP contribution is -2.46. The molecule has 7 nitrogen and oxygen atoms in total. The lowest BCUT2D eigenvalue weighted by atomic mass is 10.1. The van der Waals surface area contributed by atoms with Gasteiger partial charge in [0.05, 0.1) is 21.8 Å². The van der Waals surface area contributed by atoms with Crippen LogP contribution in [0, 0.1) is 19.7 Å². The number of carboxylic acids is 1. The summed E-state index contributed by atoms with van der Waals surface area (Å²) < 4.78 is 42.3. The monoisotopic (exact) mass is 483 g/mol. The fourth-order valence-corrected chi connectivity index (χ4v) is 5.16. The fourth-order valence-electron chi connectivity index (χ4n) is 3.99. The van der Waals surface area contributed by atoms with Gasteiger partial charge in [-0.05, 0) is 67.4 Å². The molecule has 0 bridgehead atoms. The molecule has 0 amide bonds. The first-order chi connectivity index (χ1) is 16.2. The van der Waals surface area contributed by atoms with Gasteiger partial charge in [0.15, 0.2) is 0 Å². The number of carbonyl (C=O) groups is 1. The minimum absolute atomic E-state index is 0.000490. The first-order valence-electron chi connectivity index (χ1n) is 10.9. The lowest BCUT2D eigenvalue weighted by Gasteiger charge is -2.37. The molecular weight excluding hydrogens is 457 g/mol. The van der Waals surface area contributed by atoms with Crippen LogP contribution in [-0.4, -0.2) is 45.7 Å². The standard InChI is InChI=1S/C25H26FN3O4S/c1-17-7-9-20(15-18(17)2)34(32,33)27-23-10-8-19(16-21(23)25(30)31)28-11-13-29(14-12-28)24-6-4-3-5-22(24)26/h3-10,15-16,27H,11-14H2,1-2H3,(H,30,31). The van der Waals surface area contributed by atoms with Crippen LogP contribution in [0.25, 0.3) is 0 Å². The molecule has 3 aromatic carbocycles. The Hall–Kier alpha value is -3.59. The Morgan fingerprint density at radius 2 is 1.59 bits per heavy atom. The van der Waals surface area contributed by atoms with Crippen LogP contribution in [0.15, 0.2) is 65.6 Å². The SMILES string of the molecule is Cc1ccc(S(=O)(=O)Nc2ccc(N3CCN(c4ccccc4F)CC3)cc2C(=O)O)cc1C. The zero-order valence-corrected chi connectivity index (χ0v) is 19.8. The summed E-state index contributed by atoms with van der Waals surface area (Å²) in [6.45, 7) is 5.99. The zero-order chi connectivity index (χ0) is 24.5. The van der Waals surface area contributed by atoms with E-state index in [-0.39, 0.29) is 22.0 Å². The van der Waals surface area contributed by atoms with Crippen molar-refractivity contribution in [3.8, 4) is 0 Å². The molecular formula is C25H26FN3O4S. The molecule has 1 heterocycles. The Labute approximate surface area is 198 Å². The number of hydrogen-bond donors (Lipinski definition) is 2. The van der Waals surface area contributed by atoms with Crippen molar-refractivity contribution < 1.29 is 22.7 Å². The van der Waals surface area contributed by atoms with Gasteiger partial charge < -0.3 is 14.9 Å². The highest BCUT2D eigenvalue weighted by atomic mass is 32.2. The molecule has 0 saturated carbocycles. The highest BCUT2D eigenvalue weighted by molar-refractivity contribution is 7.92. The van der Waals surface area contributed by atoms with Crippen molar-refractivity contribution in [3.63, 3.8) is 0 Å². The number of nitrogens with zero attached hydrogens (tertiary/aromatic N) is 2. The van der Waals surface area contributed by atoms with Crippen LogP contribution in [0.4, 0.5) is 21.5 Å². The van der Waals surface area contributed by atoms with Crippen molar-refractivity contribution in [2.24, 2.45) is 0 Å². The van der Waals surface area contributed by atoms with Crippen molar-refractivity contribution in [3.05, 3.63) is 83.2 Å². The van der Waals surface area contributed by atoms with E-state index in [2.05, 4.69) is 4.72 Å². The predicted molar refractivity (Wildman–Crippen MR) is 131 cm³/mol. The van der Waals surface area contributed by atoms with Gasteiger partial charge in [0.25, 0.3) is 10.0 Å². The lowest BCUT2D eigenvalue weighted by molar-refractivity contribution is 0.0698. The van der Waals surface area contributed by atoms with Gasteiger partial charge in [-0.3, -0.25) is 4.72 Å². The molecule has 9 heteroatoms. The number of aryl methyl sites for hydroxylation is 2. The number of anilines is 3. The Bertz CT molecular complexity index is 1340. The largest absolute Gasteiger partial charge is 0.478 e. The third-order valence-corrected chi connectivity index (χ3v) is 7.47. The van der Waals surface area contributed by atoms with Gasteiger partial charge in [0, 0.05) is 31.9 Å². The third kappa shape index (κ3) is 4.84. The van der Waals surface area contributed by atoms with Crippen LogP contribution < -0.4 is 14.5 Å². The predicted octanol–water partition coefficient (Wildman–Crippen LogP) is 4.27. The fraction of sp³-hybridized carbons (Fsp3) is 0.240. The number of rotatable bonds is 6. The summed E-state index contributed by atoms with van der Waals surface area (Å²) in [4.78, 5) is 16.0. The number of hydrogen-bond acceptors (Lipinski definition) is 5. The van der Waals surface area contributed by atoms with Gasteiger partial charge in [0.2, 0.25) is 0 Å². The second-order valence-electron chi connectivity index (χ2n) is 8.31. The molecule has 178 valence electrons. The highest BCUT2D eigenvalue weighted by Gasteiger charge is 2.23. The van der Waals surface area contributed by atoms with E-state index in [9.17, 15) is 22.7 Å². The van der Waals surface area contributed by atoms with E-state index < -0.39 is 16.0 Å². The van der Waals surface area contributed by atoms with E-state index in [1.54, 1.807) is 36.4 Å². The van der Waals surface area contributed by atoms with Crippen molar-refractivity contribution in [2.75, 3.05) is 40.7 Å². The summed E-state index contributed by atoms with van der Waals surface area (Å²) in [5.41, 5.74) is 2.86. The molecule has 0 radical (unpaired) electrons. The first kappa shape index (κ1) is 23.6. The molecule has 1 aliphatic rings. The molecule has 34 heavy (non-hydrogen) atoms. The summed E-state index contributed by atoms with van der Waals surface area (Å²) >= 11 is 0. The van der Waals surface area contributed by atoms with Gasteiger partial charge in [-0.25, -0.2) is 17.6 Å². The average Bonchev–Trinajstić information content (AvgIpc) is 2.81. The number of para-hydroxylation sites is 1. The Morgan fingerprint density at radius 3 is 2.24 bits per heavy atom. The minimum Gasteiger partial charge on any atom is -0.478 e. The van der Waals surface area contributed by atoms with E-state index in [4.69, 9.17) is 0 Å². The summed E-state index contributed by atoms with van der Waals surface area (Å²) in [6, 6.07) is 16.0. The molecule has 0 spiro atoms. The van der Waals surface area contributed by atoms with Crippen LogP contribution in [0.3, 0.4) is 0 Å². The maximum atomic E-state index is 14.1. The van der Waals surface area contributed by atoms with E-state index in [0.29, 0.717) is 37.6 Å². The molecule has 1 aliphatic heterocycles. The second-order valence-corrected chi connectivity index (χ2v) is 9.99. The maximum Gasteiger partial charge on any atom is 0.337 e. The van der Waals surface area contributed by atoms with Crippen molar-refractivity contribution in [1.29, 1.82) is 0 Å². The van der Waals surface area contributed by atoms with Crippen LogP contribution in [0.5, 0.6) is 0 Å². The summed E-state index contributed by atoms with van der Waals surface area (Å²) in [6.07, 6.45) is 0. The quantitative estimate of drug-likeness (QED) is 0.544. The molecule has 0 unspecified atom stereocenters. The minimum atomic E-state index is -3.96. The Balaban J connectivity index is 1.54.